The number of hydrogen-bond acceptors (Lipinski definition) is 4. The average molecular weight is 328 g/mol. The first-order valence-electron chi connectivity index (χ1n) is 9.32. The van der Waals surface area contributed by atoms with Gasteiger partial charge in [0.05, 0.1) is 6.04 Å². The summed E-state index contributed by atoms with van der Waals surface area (Å²) in [7, 11) is 0. The molecular formula is C18H37N3O2. The highest BCUT2D eigenvalue weighted by Crippen LogP contribution is 2.02. The van der Waals surface area contributed by atoms with Gasteiger partial charge in [-0.1, -0.05) is 39.0 Å². The van der Waals surface area contributed by atoms with Crippen molar-refractivity contribution >= 4 is 11.7 Å². The van der Waals surface area contributed by atoms with Gasteiger partial charge in [0.2, 0.25) is 5.91 Å². The van der Waals surface area contributed by atoms with E-state index in [2.05, 4.69) is 17.6 Å². The molecule has 5 nitrogen and oxygen atoms in total. The lowest BCUT2D eigenvalue weighted by Gasteiger charge is -2.15. The molecule has 0 aliphatic heterocycles. The number of amides is 1. The lowest BCUT2D eigenvalue weighted by atomic mass is 10.1. The van der Waals surface area contributed by atoms with Crippen molar-refractivity contribution in [1.29, 1.82) is 0 Å². The predicted octanol–water partition coefficient (Wildman–Crippen LogP) is 2.53. The van der Waals surface area contributed by atoms with Crippen LogP contribution in [0.1, 0.15) is 78.1 Å². The molecule has 0 aliphatic rings. The van der Waals surface area contributed by atoms with E-state index in [4.69, 9.17) is 5.73 Å². The van der Waals surface area contributed by atoms with E-state index in [1.165, 1.54) is 19.3 Å². The summed E-state index contributed by atoms with van der Waals surface area (Å²) in [6.45, 7) is 6.09. The van der Waals surface area contributed by atoms with Crippen molar-refractivity contribution < 1.29 is 9.59 Å². The molecule has 0 saturated carbocycles. The summed E-state index contributed by atoms with van der Waals surface area (Å²) < 4.78 is 0. The molecule has 4 N–H and O–H groups in total. The van der Waals surface area contributed by atoms with E-state index in [-0.39, 0.29) is 17.7 Å². The zero-order chi connectivity index (χ0) is 17.3. The lowest BCUT2D eigenvalue weighted by Crippen LogP contribution is -2.37. The quantitative estimate of drug-likeness (QED) is 0.380. The van der Waals surface area contributed by atoms with Crippen LogP contribution in [0.4, 0.5) is 0 Å². The molecule has 0 aromatic carbocycles. The molecule has 0 radical (unpaired) electrons. The van der Waals surface area contributed by atoms with Gasteiger partial charge in [0.15, 0.2) is 0 Å². The van der Waals surface area contributed by atoms with Crippen LogP contribution in [-0.2, 0) is 9.59 Å². The van der Waals surface area contributed by atoms with Gasteiger partial charge in [-0.2, -0.15) is 0 Å². The first-order valence-corrected chi connectivity index (χ1v) is 9.32. The zero-order valence-electron chi connectivity index (χ0n) is 15.2. The van der Waals surface area contributed by atoms with Crippen LogP contribution in [0, 0.1) is 0 Å². The molecule has 0 aromatic rings. The Kier molecular flexibility index (Phi) is 15.3. The fraction of sp³-hybridized carbons (Fsp3) is 0.889. The molecule has 0 fully saturated rings. The van der Waals surface area contributed by atoms with Crippen LogP contribution in [0.2, 0.25) is 0 Å². The van der Waals surface area contributed by atoms with E-state index >= 15 is 0 Å². The molecule has 0 heterocycles. The van der Waals surface area contributed by atoms with Gasteiger partial charge in [0.1, 0.15) is 5.78 Å². The molecule has 1 atom stereocenters. The first-order chi connectivity index (χ1) is 11.1. The highest BCUT2D eigenvalue weighted by molar-refractivity contribution is 5.82. The van der Waals surface area contributed by atoms with Gasteiger partial charge in [-0.25, -0.2) is 0 Å². The number of carbonyl (C=O) groups is 2. The van der Waals surface area contributed by atoms with Crippen LogP contribution in [0.15, 0.2) is 0 Å². The standard InChI is InChI=1S/C18H37N3O2/c1-3-4-5-9-14-20-17(16(2)22)11-12-18(23)21-15-10-7-6-8-13-19/h17,20H,3-15,19H2,1-2H3,(H,21,23). The topological polar surface area (TPSA) is 84.2 Å². The molecule has 0 spiro atoms. The summed E-state index contributed by atoms with van der Waals surface area (Å²) in [6, 6.07) is -0.188. The third-order valence-corrected chi connectivity index (χ3v) is 4.02. The van der Waals surface area contributed by atoms with Crippen molar-refractivity contribution in [3.8, 4) is 0 Å². The molecule has 0 rings (SSSR count). The van der Waals surface area contributed by atoms with Crippen molar-refractivity contribution in [3.63, 3.8) is 0 Å². The zero-order valence-corrected chi connectivity index (χ0v) is 15.2. The van der Waals surface area contributed by atoms with Crippen molar-refractivity contribution in [2.45, 2.75) is 84.1 Å². The Morgan fingerprint density at radius 3 is 2.26 bits per heavy atom. The second-order valence-electron chi connectivity index (χ2n) is 6.27. The molecule has 5 heteroatoms. The number of nitrogens with one attached hydrogen (secondary N) is 2. The largest absolute Gasteiger partial charge is 0.356 e. The van der Waals surface area contributed by atoms with Crippen LogP contribution < -0.4 is 16.4 Å². The van der Waals surface area contributed by atoms with Crippen LogP contribution in [-0.4, -0.2) is 37.4 Å². The van der Waals surface area contributed by atoms with E-state index in [0.29, 0.717) is 12.8 Å². The minimum Gasteiger partial charge on any atom is -0.356 e. The van der Waals surface area contributed by atoms with Gasteiger partial charge in [0.25, 0.3) is 0 Å². The predicted molar refractivity (Wildman–Crippen MR) is 96.4 cm³/mol. The average Bonchev–Trinajstić information content (AvgIpc) is 2.53. The monoisotopic (exact) mass is 327 g/mol. The Hall–Kier alpha value is -0.940. The molecule has 1 amide bonds. The maximum Gasteiger partial charge on any atom is 0.220 e. The third kappa shape index (κ3) is 14.4. The minimum absolute atomic E-state index is 0.0443. The van der Waals surface area contributed by atoms with Gasteiger partial charge in [0, 0.05) is 13.0 Å². The Bertz CT molecular complexity index is 309. The molecule has 23 heavy (non-hydrogen) atoms. The van der Waals surface area contributed by atoms with Crippen LogP contribution in [0.5, 0.6) is 0 Å². The van der Waals surface area contributed by atoms with Crippen molar-refractivity contribution in [3.05, 3.63) is 0 Å². The molecule has 0 bridgehead atoms. The Balaban J connectivity index is 3.72. The summed E-state index contributed by atoms with van der Waals surface area (Å²) >= 11 is 0. The minimum atomic E-state index is -0.188. The van der Waals surface area contributed by atoms with E-state index in [0.717, 1.165) is 51.7 Å². The van der Waals surface area contributed by atoms with Gasteiger partial charge in [-0.3, -0.25) is 9.59 Å². The summed E-state index contributed by atoms with van der Waals surface area (Å²) in [5.74, 6) is 0.165. The van der Waals surface area contributed by atoms with Gasteiger partial charge < -0.3 is 16.4 Å². The van der Waals surface area contributed by atoms with E-state index in [9.17, 15) is 9.59 Å². The SMILES string of the molecule is CCCCCCNC(CCC(=O)NCCCCCCN)C(C)=O. The lowest BCUT2D eigenvalue weighted by molar-refractivity contribution is -0.122. The van der Waals surface area contributed by atoms with Gasteiger partial charge in [-0.15, -0.1) is 0 Å². The second kappa shape index (κ2) is 15.9. The molecular weight excluding hydrogens is 290 g/mol. The maximum absolute atomic E-state index is 11.8. The highest BCUT2D eigenvalue weighted by Gasteiger charge is 2.14. The Morgan fingerprint density at radius 1 is 0.957 bits per heavy atom. The normalized spacial score (nSPS) is 12.1. The number of ketones is 1. The van der Waals surface area contributed by atoms with E-state index < -0.39 is 0 Å². The van der Waals surface area contributed by atoms with Crippen molar-refractivity contribution in [1.82, 2.24) is 10.6 Å². The number of unbranched alkanes of at least 4 members (excludes halogenated alkanes) is 6. The molecule has 136 valence electrons. The fourth-order valence-electron chi connectivity index (χ4n) is 2.49. The van der Waals surface area contributed by atoms with Crippen molar-refractivity contribution in [2.24, 2.45) is 5.73 Å². The molecule has 1 unspecified atom stereocenters. The number of rotatable bonds is 16. The Labute approximate surface area is 142 Å². The van der Waals surface area contributed by atoms with Crippen LogP contribution in [0.25, 0.3) is 0 Å². The van der Waals surface area contributed by atoms with E-state index in [1.807, 2.05) is 0 Å². The highest BCUT2D eigenvalue weighted by atomic mass is 16.1. The molecule has 0 aromatic heterocycles. The molecule has 0 saturated heterocycles. The van der Waals surface area contributed by atoms with Crippen molar-refractivity contribution in [2.75, 3.05) is 19.6 Å². The number of nitrogens with two attached hydrogens (primary N) is 1. The summed E-state index contributed by atoms with van der Waals surface area (Å²) in [4.78, 5) is 23.4. The summed E-state index contributed by atoms with van der Waals surface area (Å²) in [5, 5.41) is 6.21. The third-order valence-electron chi connectivity index (χ3n) is 4.02. The van der Waals surface area contributed by atoms with Crippen LogP contribution >= 0.6 is 0 Å². The second-order valence-corrected chi connectivity index (χ2v) is 6.27. The summed E-state index contributed by atoms with van der Waals surface area (Å²) in [6.07, 6.45) is 10.0. The van der Waals surface area contributed by atoms with E-state index in [1.54, 1.807) is 6.92 Å². The maximum atomic E-state index is 11.8. The Morgan fingerprint density at radius 2 is 1.61 bits per heavy atom. The van der Waals surface area contributed by atoms with Gasteiger partial charge >= 0.3 is 0 Å². The van der Waals surface area contributed by atoms with Gasteiger partial charge in [-0.05, 0) is 45.7 Å². The smallest absolute Gasteiger partial charge is 0.220 e. The first kappa shape index (κ1) is 22.1. The molecule has 0 aliphatic carbocycles. The fourth-order valence-corrected chi connectivity index (χ4v) is 2.49. The summed E-state index contributed by atoms with van der Waals surface area (Å²) in [5.41, 5.74) is 5.44. The van der Waals surface area contributed by atoms with Crippen LogP contribution in [0.3, 0.4) is 0 Å². The number of carbonyl (C=O) groups excluding carboxylic acids is 2. The number of hydrogen-bond donors (Lipinski definition) is 3. The number of Topliss-reactive ketones (excluding diaryl/α,β-unsaturated/α-hetero) is 1.